The van der Waals surface area contributed by atoms with Crippen molar-refractivity contribution in [2.24, 2.45) is 7.05 Å². The number of ether oxygens (including phenoxy) is 1. The first kappa shape index (κ1) is 21.1. The quantitative estimate of drug-likeness (QED) is 0.682. The lowest BCUT2D eigenvalue weighted by Gasteiger charge is -2.31. The van der Waals surface area contributed by atoms with E-state index in [0.29, 0.717) is 60.0 Å². The van der Waals surface area contributed by atoms with Gasteiger partial charge in [-0.15, -0.1) is 0 Å². The number of nitrogens with zero attached hydrogens (tertiary/aromatic N) is 4. The Morgan fingerprint density at radius 3 is 2.55 bits per heavy atom. The van der Waals surface area contributed by atoms with Crippen LogP contribution in [-0.4, -0.2) is 47.0 Å². The van der Waals surface area contributed by atoms with Gasteiger partial charge in [-0.3, -0.25) is 9.48 Å². The fourth-order valence-corrected chi connectivity index (χ4v) is 3.83. The average molecular weight is 433 g/mol. The summed E-state index contributed by atoms with van der Waals surface area (Å²) in [5, 5.41) is 7.60. The number of amides is 1. The smallest absolute Gasteiger partial charge is 0.378 e. The van der Waals surface area contributed by atoms with Gasteiger partial charge in [0.1, 0.15) is 0 Å². The van der Waals surface area contributed by atoms with Gasteiger partial charge < -0.3 is 15.0 Å². The summed E-state index contributed by atoms with van der Waals surface area (Å²) in [5.41, 5.74) is 1.89. The van der Waals surface area contributed by atoms with E-state index in [9.17, 15) is 18.0 Å². The van der Waals surface area contributed by atoms with E-state index in [0.717, 1.165) is 12.1 Å². The highest BCUT2D eigenvalue weighted by atomic mass is 19.4. The van der Waals surface area contributed by atoms with Crippen molar-refractivity contribution in [3.8, 4) is 0 Å². The van der Waals surface area contributed by atoms with Crippen molar-refractivity contribution in [1.82, 2.24) is 14.8 Å². The van der Waals surface area contributed by atoms with Crippen molar-refractivity contribution < 1.29 is 22.7 Å². The van der Waals surface area contributed by atoms with Crippen molar-refractivity contribution in [1.29, 1.82) is 0 Å². The van der Waals surface area contributed by atoms with Crippen molar-refractivity contribution >= 4 is 28.3 Å². The number of halogens is 3. The minimum Gasteiger partial charge on any atom is -0.378 e. The van der Waals surface area contributed by atoms with Crippen LogP contribution >= 0.6 is 0 Å². The minimum absolute atomic E-state index is 0.103. The molecule has 3 heterocycles. The number of rotatable bonds is 3. The van der Waals surface area contributed by atoms with Gasteiger partial charge in [0.15, 0.2) is 5.65 Å². The molecule has 31 heavy (non-hydrogen) atoms. The number of nitrogens with one attached hydrogen (secondary N) is 1. The summed E-state index contributed by atoms with van der Waals surface area (Å²) in [5.74, 6) is -0.513. The van der Waals surface area contributed by atoms with Crippen molar-refractivity contribution in [2.75, 3.05) is 36.5 Å². The Kier molecular flexibility index (Phi) is 5.34. The molecule has 10 heteroatoms. The van der Waals surface area contributed by atoms with E-state index < -0.39 is 17.6 Å². The topological polar surface area (TPSA) is 72.3 Å². The molecule has 1 amide bonds. The number of aromatic nitrogens is 3. The van der Waals surface area contributed by atoms with Gasteiger partial charge >= 0.3 is 6.18 Å². The molecule has 1 aliphatic rings. The standard InChI is InChI=1S/C21H22F3N5O2/c1-12-10-15(18-13(2)27-28(3)19(18)25-12)20(30)26-16-11-14(21(22,23)24)4-5-17(16)29-6-8-31-9-7-29/h4-5,10-11H,6-9H2,1-3H3,(H,26,30). The Balaban J connectivity index is 1.78. The first-order valence-corrected chi connectivity index (χ1v) is 9.81. The van der Waals surface area contributed by atoms with E-state index in [1.165, 1.54) is 6.07 Å². The Bertz CT molecular complexity index is 1150. The molecule has 0 atom stereocenters. The molecule has 0 radical (unpaired) electrons. The van der Waals surface area contributed by atoms with Crippen LogP contribution in [0.3, 0.4) is 0 Å². The fourth-order valence-electron chi connectivity index (χ4n) is 3.83. The molecule has 7 nitrogen and oxygen atoms in total. The number of fused-ring (bicyclic) bond motifs is 1. The van der Waals surface area contributed by atoms with Gasteiger partial charge in [-0.25, -0.2) is 4.98 Å². The second kappa shape index (κ2) is 7.84. The zero-order valence-corrected chi connectivity index (χ0v) is 17.4. The van der Waals surface area contributed by atoms with Crippen molar-refractivity contribution in [3.05, 3.63) is 46.8 Å². The van der Waals surface area contributed by atoms with Crippen LogP contribution in [-0.2, 0) is 18.0 Å². The Morgan fingerprint density at radius 1 is 1.16 bits per heavy atom. The minimum atomic E-state index is -4.52. The molecule has 0 saturated carbocycles. The Morgan fingerprint density at radius 2 is 1.87 bits per heavy atom. The molecule has 0 aliphatic carbocycles. The lowest BCUT2D eigenvalue weighted by Crippen LogP contribution is -2.36. The first-order valence-electron chi connectivity index (χ1n) is 9.81. The molecule has 2 aromatic heterocycles. The van der Waals surface area contributed by atoms with Gasteiger partial charge in [0.2, 0.25) is 0 Å². The zero-order valence-electron chi connectivity index (χ0n) is 17.4. The number of anilines is 2. The van der Waals surface area contributed by atoms with Crippen LogP contribution in [0.4, 0.5) is 24.5 Å². The number of alkyl halides is 3. The molecule has 3 aromatic rings. The molecule has 4 rings (SSSR count). The molecule has 1 aromatic carbocycles. The molecule has 1 saturated heterocycles. The molecule has 0 unspecified atom stereocenters. The molecule has 164 valence electrons. The van der Waals surface area contributed by atoms with Crippen LogP contribution < -0.4 is 10.2 Å². The van der Waals surface area contributed by atoms with Gasteiger partial charge in [-0.2, -0.15) is 18.3 Å². The number of carbonyl (C=O) groups is 1. The van der Waals surface area contributed by atoms with Crippen molar-refractivity contribution in [3.63, 3.8) is 0 Å². The summed E-state index contributed by atoms with van der Waals surface area (Å²) in [6.45, 7) is 5.49. The normalized spacial score (nSPS) is 14.8. The summed E-state index contributed by atoms with van der Waals surface area (Å²) in [6, 6.07) is 5.02. The number of hydrogen-bond donors (Lipinski definition) is 1. The highest BCUT2D eigenvalue weighted by Crippen LogP contribution is 2.36. The third-order valence-electron chi connectivity index (χ3n) is 5.27. The lowest BCUT2D eigenvalue weighted by atomic mass is 10.1. The molecule has 0 bridgehead atoms. The SMILES string of the molecule is Cc1cc(C(=O)Nc2cc(C(F)(F)F)ccc2N2CCOCC2)c2c(C)nn(C)c2n1. The van der Waals surface area contributed by atoms with E-state index in [1.807, 2.05) is 4.90 Å². The van der Waals surface area contributed by atoms with Gasteiger partial charge in [-0.1, -0.05) is 0 Å². The van der Waals surface area contributed by atoms with E-state index in [4.69, 9.17) is 4.74 Å². The number of hydrogen-bond acceptors (Lipinski definition) is 5. The predicted molar refractivity (Wildman–Crippen MR) is 110 cm³/mol. The number of carbonyl (C=O) groups excluding carboxylic acids is 1. The average Bonchev–Trinajstić information content (AvgIpc) is 3.00. The summed E-state index contributed by atoms with van der Waals surface area (Å²) in [6.07, 6.45) is -4.52. The Hall–Kier alpha value is -3.14. The largest absolute Gasteiger partial charge is 0.416 e. The van der Waals surface area contributed by atoms with Crippen LogP contribution in [0.15, 0.2) is 24.3 Å². The first-order chi connectivity index (χ1) is 14.6. The van der Waals surface area contributed by atoms with Crippen molar-refractivity contribution in [2.45, 2.75) is 20.0 Å². The van der Waals surface area contributed by atoms with Crippen LogP contribution in [0, 0.1) is 13.8 Å². The molecular formula is C21H22F3N5O2. The number of aryl methyl sites for hydroxylation is 3. The second-order valence-corrected chi connectivity index (χ2v) is 7.50. The number of pyridine rings is 1. The molecule has 1 N–H and O–H groups in total. The third kappa shape index (κ3) is 4.07. The highest BCUT2D eigenvalue weighted by molar-refractivity contribution is 6.13. The third-order valence-corrected chi connectivity index (χ3v) is 5.27. The zero-order chi connectivity index (χ0) is 22.3. The van der Waals surface area contributed by atoms with E-state index in [1.54, 1.807) is 31.6 Å². The number of benzene rings is 1. The maximum atomic E-state index is 13.4. The van der Waals surface area contributed by atoms with E-state index in [-0.39, 0.29) is 5.69 Å². The predicted octanol–water partition coefficient (Wildman–Crippen LogP) is 3.69. The van der Waals surface area contributed by atoms with E-state index >= 15 is 0 Å². The van der Waals surface area contributed by atoms with Gasteiger partial charge in [0.05, 0.1) is 46.8 Å². The highest BCUT2D eigenvalue weighted by Gasteiger charge is 2.32. The monoisotopic (exact) mass is 433 g/mol. The Labute approximate surface area is 176 Å². The summed E-state index contributed by atoms with van der Waals surface area (Å²) < 4.78 is 47.0. The van der Waals surface area contributed by atoms with Gasteiger partial charge in [0, 0.05) is 25.8 Å². The second-order valence-electron chi connectivity index (χ2n) is 7.50. The molecular weight excluding hydrogens is 411 g/mol. The molecule has 0 spiro atoms. The van der Waals surface area contributed by atoms with Gasteiger partial charge in [-0.05, 0) is 38.1 Å². The summed E-state index contributed by atoms with van der Waals surface area (Å²) in [7, 11) is 1.73. The van der Waals surface area contributed by atoms with Crippen LogP contribution in [0.25, 0.3) is 11.0 Å². The molecule has 1 aliphatic heterocycles. The van der Waals surface area contributed by atoms with Crippen LogP contribution in [0.5, 0.6) is 0 Å². The van der Waals surface area contributed by atoms with Gasteiger partial charge in [0.25, 0.3) is 5.91 Å². The molecule has 1 fully saturated rings. The van der Waals surface area contributed by atoms with E-state index in [2.05, 4.69) is 15.4 Å². The fraction of sp³-hybridized carbons (Fsp3) is 0.381. The maximum absolute atomic E-state index is 13.4. The lowest BCUT2D eigenvalue weighted by molar-refractivity contribution is -0.137. The number of morpholine rings is 1. The van der Waals surface area contributed by atoms with Crippen LogP contribution in [0.1, 0.15) is 27.3 Å². The summed E-state index contributed by atoms with van der Waals surface area (Å²) in [4.78, 5) is 19.6. The maximum Gasteiger partial charge on any atom is 0.416 e. The van der Waals surface area contributed by atoms with Crippen LogP contribution in [0.2, 0.25) is 0 Å². The summed E-state index contributed by atoms with van der Waals surface area (Å²) >= 11 is 0.